The van der Waals surface area contributed by atoms with Gasteiger partial charge < -0.3 is 15.4 Å². The van der Waals surface area contributed by atoms with Crippen molar-refractivity contribution < 1.29 is 9.53 Å². The molecule has 1 fully saturated rings. The standard InChI is InChI=1S/C17H24N2O2/c1-3-12-18-17(20)13(2)19-14-8-10-16(11-9-14)21-15-6-4-5-7-15/h3,8-11,13,15,19H,1,4-7,12H2,2H3,(H,18,20)/t13-/m0/s1. The summed E-state index contributed by atoms with van der Waals surface area (Å²) in [6, 6.07) is 7.51. The van der Waals surface area contributed by atoms with Gasteiger partial charge in [0.1, 0.15) is 11.8 Å². The van der Waals surface area contributed by atoms with Crippen LogP contribution in [0.25, 0.3) is 0 Å². The lowest BCUT2D eigenvalue weighted by molar-refractivity contribution is -0.121. The Morgan fingerprint density at radius 3 is 2.67 bits per heavy atom. The van der Waals surface area contributed by atoms with Crippen LogP contribution in [0.15, 0.2) is 36.9 Å². The monoisotopic (exact) mass is 288 g/mol. The molecule has 0 saturated heterocycles. The van der Waals surface area contributed by atoms with Crippen LogP contribution >= 0.6 is 0 Å². The molecular weight excluding hydrogens is 264 g/mol. The van der Waals surface area contributed by atoms with Crippen LogP contribution in [0.4, 0.5) is 5.69 Å². The van der Waals surface area contributed by atoms with E-state index in [9.17, 15) is 4.79 Å². The molecule has 0 radical (unpaired) electrons. The summed E-state index contributed by atoms with van der Waals surface area (Å²) in [7, 11) is 0. The van der Waals surface area contributed by atoms with Crippen molar-refractivity contribution in [2.24, 2.45) is 0 Å². The first kappa shape index (κ1) is 15.4. The summed E-state index contributed by atoms with van der Waals surface area (Å²) in [6.07, 6.45) is 6.87. The Morgan fingerprint density at radius 2 is 2.05 bits per heavy atom. The maximum atomic E-state index is 11.8. The second kappa shape index (κ2) is 7.72. The Labute approximate surface area is 126 Å². The summed E-state index contributed by atoms with van der Waals surface area (Å²) in [6.45, 7) is 5.90. The predicted molar refractivity (Wildman–Crippen MR) is 85.6 cm³/mol. The first-order valence-corrected chi connectivity index (χ1v) is 7.61. The van der Waals surface area contributed by atoms with Crippen molar-refractivity contribution in [2.75, 3.05) is 11.9 Å². The first-order chi connectivity index (χ1) is 10.2. The Balaban J connectivity index is 1.83. The van der Waals surface area contributed by atoms with E-state index in [0.29, 0.717) is 12.6 Å². The quantitative estimate of drug-likeness (QED) is 0.758. The zero-order valence-electron chi connectivity index (χ0n) is 12.6. The van der Waals surface area contributed by atoms with E-state index in [1.165, 1.54) is 12.8 Å². The summed E-state index contributed by atoms with van der Waals surface area (Å²) >= 11 is 0. The van der Waals surface area contributed by atoms with Crippen molar-refractivity contribution in [3.05, 3.63) is 36.9 Å². The van der Waals surface area contributed by atoms with Gasteiger partial charge in [-0.05, 0) is 56.9 Å². The van der Waals surface area contributed by atoms with Crippen molar-refractivity contribution in [1.82, 2.24) is 5.32 Å². The first-order valence-electron chi connectivity index (χ1n) is 7.61. The molecule has 0 spiro atoms. The fourth-order valence-corrected chi connectivity index (χ4v) is 2.47. The highest BCUT2D eigenvalue weighted by atomic mass is 16.5. The van der Waals surface area contributed by atoms with Gasteiger partial charge in [-0.3, -0.25) is 4.79 Å². The molecule has 0 aliphatic heterocycles. The van der Waals surface area contributed by atoms with Crippen molar-refractivity contribution in [3.63, 3.8) is 0 Å². The average molecular weight is 288 g/mol. The van der Waals surface area contributed by atoms with Crippen LogP contribution in [-0.4, -0.2) is 24.6 Å². The van der Waals surface area contributed by atoms with Crippen LogP contribution < -0.4 is 15.4 Å². The molecule has 4 heteroatoms. The van der Waals surface area contributed by atoms with Gasteiger partial charge in [0.05, 0.1) is 6.10 Å². The highest BCUT2D eigenvalue weighted by Gasteiger charge is 2.16. The van der Waals surface area contributed by atoms with Crippen molar-refractivity contribution in [3.8, 4) is 5.75 Å². The molecule has 0 heterocycles. The number of ether oxygens (including phenoxy) is 1. The van der Waals surface area contributed by atoms with Gasteiger partial charge in [-0.25, -0.2) is 0 Å². The topological polar surface area (TPSA) is 50.4 Å². The maximum absolute atomic E-state index is 11.8. The zero-order chi connectivity index (χ0) is 15.1. The molecule has 1 aliphatic carbocycles. The van der Waals surface area contributed by atoms with E-state index in [2.05, 4.69) is 17.2 Å². The Hall–Kier alpha value is -1.97. The normalized spacial score (nSPS) is 16.2. The van der Waals surface area contributed by atoms with Crippen LogP contribution in [0.2, 0.25) is 0 Å². The minimum atomic E-state index is -0.286. The van der Waals surface area contributed by atoms with Gasteiger partial charge in [-0.1, -0.05) is 6.08 Å². The number of hydrogen-bond donors (Lipinski definition) is 2. The van der Waals surface area contributed by atoms with Crippen LogP contribution in [0, 0.1) is 0 Å². The predicted octanol–water partition coefficient (Wildman–Crippen LogP) is 3.11. The zero-order valence-corrected chi connectivity index (χ0v) is 12.6. The van der Waals surface area contributed by atoms with E-state index in [-0.39, 0.29) is 11.9 Å². The maximum Gasteiger partial charge on any atom is 0.242 e. The van der Waals surface area contributed by atoms with Crippen LogP contribution in [0.3, 0.4) is 0 Å². The van der Waals surface area contributed by atoms with Gasteiger partial charge in [-0.15, -0.1) is 6.58 Å². The number of carbonyl (C=O) groups is 1. The van der Waals surface area contributed by atoms with Crippen LogP contribution in [0.1, 0.15) is 32.6 Å². The summed E-state index contributed by atoms with van der Waals surface area (Å²) in [5, 5.41) is 5.94. The lowest BCUT2D eigenvalue weighted by atomic mass is 10.2. The Morgan fingerprint density at radius 1 is 1.38 bits per heavy atom. The number of anilines is 1. The largest absolute Gasteiger partial charge is 0.490 e. The van der Waals surface area contributed by atoms with E-state index in [4.69, 9.17) is 4.74 Å². The van der Waals surface area contributed by atoms with E-state index in [1.807, 2.05) is 31.2 Å². The second-order valence-electron chi connectivity index (χ2n) is 5.45. The molecule has 1 amide bonds. The number of carbonyl (C=O) groups excluding carboxylic acids is 1. The second-order valence-corrected chi connectivity index (χ2v) is 5.45. The summed E-state index contributed by atoms with van der Waals surface area (Å²) in [5.41, 5.74) is 0.912. The van der Waals surface area contributed by atoms with Gasteiger partial charge in [0, 0.05) is 12.2 Å². The van der Waals surface area contributed by atoms with E-state index >= 15 is 0 Å². The van der Waals surface area contributed by atoms with Gasteiger partial charge in [0.2, 0.25) is 5.91 Å². The molecule has 2 rings (SSSR count). The molecular formula is C17H24N2O2. The third-order valence-corrected chi connectivity index (χ3v) is 3.66. The molecule has 21 heavy (non-hydrogen) atoms. The minimum absolute atomic E-state index is 0.0406. The van der Waals surface area contributed by atoms with Gasteiger partial charge in [0.25, 0.3) is 0 Å². The Kier molecular flexibility index (Phi) is 5.67. The van der Waals surface area contributed by atoms with E-state index in [0.717, 1.165) is 24.3 Å². The van der Waals surface area contributed by atoms with Crippen molar-refractivity contribution in [1.29, 1.82) is 0 Å². The van der Waals surface area contributed by atoms with Crippen LogP contribution in [-0.2, 0) is 4.79 Å². The average Bonchev–Trinajstić information content (AvgIpc) is 2.99. The SMILES string of the molecule is C=CCNC(=O)[C@H](C)Nc1ccc(OC2CCCC2)cc1. The number of rotatable bonds is 7. The molecule has 1 aromatic carbocycles. The molecule has 4 nitrogen and oxygen atoms in total. The molecule has 1 saturated carbocycles. The minimum Gasteiger partial charge on any atom is -0.490 e. The number of benzene rings is 1. The van der Waals surface area contributed by atoms with E-state index < -0.39 is 0 Å². The molecule has 114 valence electrons. The fraction of sp³-hybridized carbons (Fsp3) is 0.471. The molecule has 0 bridgehead atoms. The van der Waals surface area contributed by atoms with Crippen molar-refractivity contribution >= 4 is 11.6 Å². The summed E-state index contributed by atoms with van der Waals surface area (Å²) in [5.74, 6) is 0.859. The summed E-state index contributed by atoms with van der Waals surface area (Å²) in [4.78, 5) is 11.8. The van der Waals surface area contributed by atoms with Gasteiger partial charge in [0.15, 0.2) is 0 Å². The van der Waals surface area contributed by atoms with Crippen LogP contribution in [0.5, 0.6) is 5.75 Å². The highest BCUT2D eigenvalue weighted by Crippen LogP contribution is 2.25. The summed E-state index contributed by atoms with van der Waals surface area (Å²) < 4.78 is 5.92. The number of amides is 1. The molecule has 0 aromatic heterocycles. The third kappa shape index (κ3) is 4.81. The molecule has 1 aliphatic rings. The lowest BCUT2D eigenvalue weighted by Crippen LogP contribution is -2.37. The van der Waals surface area contributed by atoms with Gasteiger partial charge >= 0.3 is 0 Å². The number of nitrogens with one attached hydrogen (secondary N) is 2. The smallest absolute Gasteiger partial charge is 0.242 e. The molecule has 1 atom stereocenters. The third-order valence-electron chi connectivity index (χ3n) is 3.66. The lowest BCUT2D eigenvalue weighted by Gasteiger charge is -2.16. The molecule has 0 unspecified atom stereocenters. The van der Waals surface area contributed by atoms with E-state index in [1.54, 1.807) is 6.08 Å². The van der Waals surface area contributed by atoms with Gasteiger partial charge in [-0.2, -0.15) is 0 Å². The fourth-order valence-electron chi connectivity index (χ4n) is 2.47. The number of hydrogen-bond acceptors (Lipinski definition) is 3. The highest BCUT2D eigenvalue weighted by molar-refractivity contribution is 5.84. The molecule has 1 aromatic rings. The Bertz CT molecular complexity index is 464. The molecule has 2 N–H and O–H groups in total. The van der Waals surface area contributed by atoms with Crippen molar-refractivity contribution in [2.45, 2.75) is 44.8 Å².